The van der Waals surface area contributed by atoms with Gasteiger partial charge >= 0.3 is 0 Å². The quantitative estimate of drug-likeness (QED) is 0.0400. The lowest BCUT2D eigenvalue weighted by Crippen LogP contribution is -2.04. The lowest BCUT2D eigenvalue weighted by molar-refractivity contribution is 0.476. The van der Waals surface area contributed by atoms with E-state index in [1.54, 1.807) is 54.6 Å². The minimum absolute atomic E-state index is 0.0464. The van der Waals surface area contributed by atoms with E-state index in [0.717, 1.165) is 36.4 Å². The van der Waals surface area contributed by atoms with Crippen LogP contribution in [0.25, 0.3) is 32.7 Å². The second-order valence-corrected chi connectivity index (χ2v) is 18.7. The summed E-state index contributed by atoms with van der Waals surface area (Å²) in [6, 6.07) is 27.6. The number of phenols is 1. The zero-order valence-corrected chi connectivity index (χ0v) is 34.2. The highest BCUT2D eigenvalue weighted by Crippen LogP contribution is 2.43. The number of anilines is 1. The second-order valence-electron chi connectivity index (χ2n) is 13.1. The Morgan fingerprint density at radius 1 is 0.435 bits per heavy atom. The molecule has 0 atom stereocenters. The van der Waals surface area contributed by atoms with Gasteiger partial charge in [-0.25, -0.2) is 0 Å². The van der Waals surface area contributed by atoms with Gasteiger partial charge in [0.05, 0.1) is 27.6 Å². The van der Waals surface area contributed by atoms with Crippen LogP contribution in [0.3, 0.4) is 0 Å². The zero-order valence-electron chi connectivity index (χ0n) is 30.9. The van der Waals surface area contributed by atoms with Crippen LogP contribution in [-0.2, 0) is 40.5 Å². The van der Waals surface area contributed by atoms with Gasteiger partial charge in [0.2, 0.25) is 0 Å². The molecule has 0 unspecified atom stereocenters. The van der Waals surface area contributed by atoms with Crippen LogP contribution in [0.15, 0.2) is 172 Å². The van der Waals surface area contributed by atoms with Crippen molar-refractivity contribution in [2.75, 3.05) is 5.73 Å². The van der Waals surface area contributed by atoms with Gasteiger partial charge in [-0.15, -0.1) is 15.3 Å². The molecule has 0 saturated carbocycles. The van der Waals surface area contributed by atoms with Crippen molar-refractivity contribution >= 4 is 102 Å². The summed E-state index contributed by atoms with van der Waals surface area (Å²) >= 11 is 0. The van der Waals surface area contributed by atoms with Crippen LogP contribution in [0.2, 0.25) is 0 Å². The molecular formula is C38H27N7O13S4. The average Bonchev–Trinajstić information content (AvgIpc) is 3.21. The summed E-state index contributed by atoms with van der Waals surface area (Å²) in [5.41, 5.74) is 6.90. The van der Waals surface area contributed by atoms with Gasteiger partial charge in [-0.2, -0.15) is 49.0 Å². The Bertz CT molecular complexity index is 3520. The van der Waals surface area contributed by atoms with Crippen LogP contribution < -0.4 is 5.73 Å². The predicted octanol–water partition coefficient (Wildman–Crippen LogP) is 9.18. The molecule has 0 amide bonds. The molecular weight excluding hydrogens is 891 g/mol. The molecule has 7 N–H and O–H groups in total. The van der Waals surface area contributed by atoms with Crippen LogP contribution in [0, 0.1) is 0 Å². The number of phenolic OH excluding ortho intramolecular Hbond substituents is 1. The van der Waals surface area contributed by atoms with Gasteiger partial charge in [-0.1, -0.05) is 48.5 Å². The number of fused-ring (bicyclic) bond motifs is 2. The first-order valence-electron chi connectivity index (χ1n) is 17.2. The second kappa shape index (κ2) is 16.2. The summed E-state index contributed by atoms with van der Waals surface area (Å²) in [4.78, 5) is -3.28. The van der Waals surface area contributed by atoms with Crippen LogP contribution in [-0.4, -0.2) is 57.0 Å². The van der Waals surface area contributed by atoms with Crippen LogP contribution in [0.1, 0.15) is 0 Å². The third-order valence-corrected chi connectivity index (χ3v) is 12.4. The molecule has 0 bridgehead atoms. The molecule has 7 aromatic rings. The maximum Gasteiger partial charge on any atom is 0.296 e. The maximum atomic E-state index is 12.5. The van der Waals surface area contributed by atoms with Gasteiger partial charge < -0.3 is 10.8 Å². The fraction of sp³-hybridized carbons (Fsp3) is 0. The van der Waals surface area contributed by atoms with E-state index in [9.17, 15) is 57.0 Å². The van der Waals surface area contributed by atoms with Crippen molar-refractivity contribution in [1.29, 1.82) is 0 Å². The molecule has 7 rings (SSSR count). The van der Waals surface area contributed by atoms with E-state index < -0.39 is 77.2 Å². The molecule has 0 aliphatic heterocycles. The molecule has 0 aliphatic rings. The van der Waals surface area contributed by atoms with Gasteiger partial charge in [-0.05, 0) is 94.7 Å². The lowest BCUT2D eigenvalue weighted by Gasteiger charge is -2.12. The van der Waals surface area contributed by atoms with Gasteiger partial charge in [0, 0.05) is 10.8 Å². The third-order valence-electron chi connectivity index (χ3n) is 8.96. The normalized spacial score (nSPS) is 13.0. The maximum absolute atomic E-state index is 12.5. The van der Waals surface area contributed by atoms with Crippen molar-refractivity contribution in [2.24, 2.45) is 30.7 Å². The molecule has 0 fully saturated rings. The topological polar surface area (TPSA) is 338 Å². The van der Waals surface area contributed by atoms with E-state index in [0.29, 0.717) is 22.9 Å². The number of rotatable bonds is 11. The number of azo groups is 3. The Morgan fingerprint density at radius 2 is 0.935 bits per heavy atom. The number of benzene rings is 7. The molecule has 0 spiro atoms. The van der Waals surface area contributed by atoms with E-state index in [-0.39, 0.29) is 44.3 Å². The fourth-order valence-electron chi connectivity index (χ4n) is 6.08. The zero-order chi connectivity index (χ0) is 44.8. The largest absolute Gasteiger partial charge is 0.506 e. The molecule has 20 nitrogen and oxygen atoms in total. The molecule has 316 valence electrons. The number of aromatic hydroxyl groups is 1. The minimum Gasteiger partial charge on any atom is -0.506 e. The van der Waals surface area contributed by atoms with E-state index in [2.05, 4.69) is 30.7 Å². The van der Waals surface area contributed by atoms with Gasteiger partial charge in [0.15, 0.2) is 0 Å². The highest BCUT2D eigenvalue weighted by molar-refractivity contribution is 7.87. The number of hydrogen-bond donors (Lipinski definition) is 6. The Labute approximate surface area is 351 Å². The summed E-state index contributed by atoms with van der Waals surface area (Å²) in [7, 11) is -19.9. The smallest absolute Gasteiger partial charge is 0.296 e. The van der Waals surface area contributed by atoms with Crippen molar-refractivity contribution in [3.05, 3.63) is 121 Å². The molecule has 0 aliphatic carbocycles. The molecule has 0 saturated heterocycles. The molecule has 7 aromatic carbocycles. The molecule has 24 heteroatoms. The monoisotopic (exact) mass is 917 g/mol. The summed E-state index contributed by atoms with van der Waals surface area (Å²) < 4.78 is 137. The van der Waals surface area contributed by atoms with Crippen molar-refractivity contribution in [3.8, 4) is 16.9 Å². The highest BCUT2D eigenvalue weighted by Gasteiger charge is 2.26. The fourth-order valence-corrected chi connectivity index (χ4v) is 8.76. The standard InChI is InChI=1S/C38H27N7O13S4/c39-36-29-20-30(43-40-25-4-2-1-3-5-25)32(60(50,51)52)17-24(29)18-34(62(56,57)58)38(36)45-42-27-13-8-22(9-14-27)21-6-11-26(12-7-21)41-44-37-31(46)15-10-23-16-28(59(47,48)49)19-33(35(23)37)61(53,54)55/h1-20,46H,39H2,(H,47,48,49)(H,50,51,52)(H,53,54,55)(H,56,57,58). The Morgan fingerprint density at radius 3 is 1.47 bits per heavy atom. The minimum atomic E-state index is -5.10. The number of nitrogens with two attached hydrogens (primary N) is 1. The van der Waals surface area contributed by atoms with Gasteiger partial charge in [-0.3, -0.25) is 18.2 Å². The summed E-state index contributed by atoms with van der Waals surface area (Å²) in [6.07, 6.45) is 0. The van der Waals surface area contributed by atoms with Crippen molar-refractivity contribution in [3.63, 3.8) is 0 Å². The van der Waals surface area contributed by atoms with E-state index >= 15 is 0 Å². The lowest BCUT2D eigenvalue weighted by atomic mass is 10.1. The third kappa shape index (κ3) is 9.21. The first kappa shape index (κ1) is 43.2. The average molecular weight is 918 g/mol. The van der Waals surface area contributed by atoms with Gasteiger partial charge in [0.1, 0.15) is 37.5 Å². The summed E-state index contributed by atoms with van der Waals surface area (Å²) in [5.74, 6) is -0.553. The SMILES string of the molecule is Nc1c(N=Nc2ccc(-c3ccc(N=Nc4c(O)ccc5cc(S(=O)(=O)O)cc(S(=O)(=O)O)c45)cc3)cc2)c(S(=O)(=O)O)cc2cc(S(=O)(=O)O)c(N=Nc3ccccc3)cc12. The van der Waals surface area contributed by atoms with E-state index in [4.69, 9.17) is 5.73 Å². The number of hydrogen-bond acceptors (Lipinski definition) is 16. The summed E-state index contributed by atoms with van der Waals surface area (Å²) in [6.45, 7) is 0. The number of nitrogen functional groups attached to an aromatic ring is 1. The van der Waals surface area contributed by atoms with E-state index in [1.165, 1.54) is 24.3 Å². The van der Waals surface area contributed by atoms with Crippen molar-refractivity contribution < 1.29 is 57.0 Å². The Hall–Kier alpha value is -6.90. The van der Waals surface area contributed by atoms with Crippen molar-refractivity contribution in [2.45, 2.75) is 19.6 Å². The molecule has 0 aromatic heterocycles. The van der Waals surface area contributed by atoms with Crippen LogP contribution >= 0.6 is 0 Å². The molecule has 0 heterocycles. The predicted molar refractivity (Wildman–Crippen MR) is 224 cm³/mol. The number of nitrogens with zero attached hydrogens (tertiary/aromatic N) is 6. The first-order chi connectivity index (χ1) is 29.1. The van der Waals surface area contributed by atoms with Crippen LogP contribution in [0.5, 0.6) is 5.75 Å². The Kier molecular flexibility index (Phi) is 11.3. The molecule has 62 heavy (non-hydrogen) atoms. The van der Waals surface area contributed by atoms with Crippen LogP contribution in [0.4, 0.5) is 39.8 Å². The summed E-state index contributed by atoms with van der Waals surface area (Å²) in [5, 5.41) is 34.1. The first-order valence-corrected chi connectivity index (χ1v) is 22.9. The Balaban J connectivity index is 1.18. The highest BCUT2D eigenvalue weighted by atomic mass is 32.2. The van der Waals surface area contributed by atoms with Crippen molar-refractivity contribution in [1.82, 2.24) is 0 Å². The van der Waals surface area contributed by atoms with Gasteiger partial charge in [0.25, 0.3) is 40.5 Å². The molecule has 0 radical (unpaired) electrons. The van der Waals surface area contributed by atoms with E-state index in [1.807, 2.05) is 0 Å².